The Morgan fingerprint density at radius 1 is 0.857 bits per heavy atom. The zero-order valence-electron chi connectivity index (χ0n) is 12.8. The number of rotatable bonds is 10. The third kappa shape index (κ3) is 7.85. The Morgan fingerprint density at radius 2 is 1.43 bits per heavy atom. The predicted octanol–water partition coefficient (Wildman–Crippen LogP) is 6.15. The number of hydrogen-bond donors (Lipinski definition) is 0. The SMILES string of the molecule is CCCCCCCCCCPc1ccccc1C(F)(F)F. The maximum atomic E-state index is 12.8. The average Bonchev–Trinajstić information content (AvgIpc) is 2.45. The monoisotopic (exact) mass is 318 g/mol. The maximum Gasteiger partial charge on any atom is 0.417 e. The Balaban J connectivity index is 2.19. The molecule has 0 heterocycles. The second kappa shape index (κ2) is 10.2. The van der Waals surface area contributed by atoms with Crippen LogP contribution in [0.15, 0.2) is 24.3 Å². The van der Waals surface area contributed by atoms with E-state index in [9.17, 15) is 13.2 Å². The molecule has 1 aromatic carbocycles. The normalized spacial score (nSPS) is 12.4. The quantitative estimate of drug-likeness (QED) is 0.358. The van der Waals surface area contributed by atoms with Crippen LogP contribution < -0.4 is 5.30 Å². The van der Waals surface area contributed by atoms with Crippen LogP contribution >= 0.6 is 8.58 Å². The van der Waals surface area contributed by atoms with Gasteiger partial charge in [-0.05, 0) is 24.0 Å². The predicted molar refractivity (Wildman–Crippen MR) is 86.9 cm³/mol. The van der Waals surface area contributed by atoms with E-state index in [4.69, 9.17) is 0 Å². The van der Waals surface area contributed by atoms with Crippen molar-refractivity contribution in [1.82, 2.24) is 0 Å². The number of benzene rings is 1. The second-order valence-corrected chi connectivity index (χ2v) is 6.84. The lowest BCUT2D eigenvalue weighted by Gasteiger charge is -2.12. The molecule has 0 saturated carbocycles. The Hall–Kier alpha value is -0.560. The molecule has 1 atom stereocenters. The average molecular weight is 318 g/mol. The molecule has 0 radical (unpaired) electrons. The van der Waals surface area contributed by atoms with Crippen LogP contribution in [0.2, 0.25) is 0 Å². The highest BCUT2D eigenvalue weighted by atomic mass is 31.1. The second-order valence-electron chi connectivity index (χ2n) is 5.44. The topological polar surface area (TPSA) is 0 Å². The number of halogens is 3. The van der Waals surface area contributed by atoms with Gasteiger partial charge < -0.3 is 0 Å². The van der Waals surface area contributed by atoms with E-state index >= 15 is 0 Å². The Morgan fingerprint density at radius 3 is 2.05 bits per heavy atom. The standard InChI is InChI=1S/C17H26F3P/c1-2-3-4-5-6-7-8-11-14-21-16-13-10-9-12-15(16)17(18,19)20/h9-10,12-13,21H,2-8,11,14H2,1H3. The minimum absolute atomic E-state index is 0.269. The van der Waals surface area contributed by atoms with Crippen LogP contribution in [0.4, 0.5) is 13.2 Å². The van der Waals surface area contributed by atoms with E-state index in [1.165, 1.54) is 50.7 Å². The summed E-state index contributed by atoms with van der Waals surface area (Å²) < 4.78 is 38.5. The van der Waals surface area contributed by atoms with Crippen LogP contribution in [0.3, 0.4) is 0 Å². The van der Waals surface area contributed by atoms with Crippen molar-refractivity contribution in [1.29, 1.82) is 0 Å². The molecule has 0 N–H and O–H groups in total. The van der Waals surface area contributed by atoms with Gasteiger partial charge in [-0.25, -0.2) is 0 Å². The summed E-state index contributed by atoms with van der Waals surface area (Å²) in [5.41, 5.74) is -0.456. The first-order valence-corrected chi connectivity index (χ1v) is 9.16. The lowest BCUT2D eigenvalue weighted by molar-refractivity contribution is -0.136. The van der Waals surface area contributed by atoms with Crippen molar-refractivity contribution in [3.8, 4) is 0 Å². The number of hydrogen-bond acceptors (Lipinski definition) is 0. The molecule has 1 unspecified atom stereocenters. The molecule has 0 amide bonds. The summed E-state index contributed by atoms with van der Waals surface area (Å²) in [6.45, 7) is 2.21. The Labute approximate surface area is 128 Å². The van der Waals surface area contributed by atoms with Crippen LogP contribution in [0, 0.1) is 0 Å². The molecule has 21 heavy (non-hydrogen) atoms. The summed E-state index contributed by atoms with van der Waals surface area (Å²) in [7, 11) is 0.269. The first kappa shape index (κ1) is 18.5. The van der Waals surface area contributed by atoms with Crippen molar-refractivity contribution in [3.63, 3.8) is 0 Å². The third-order valence-corrected chi connectivity index (χ3v) is 5.00. The summed E-state index contributed by atoms with van der Waals surface area (Å²) >= 11 is 0. The van der Waals surface area contributed by atoms with Crippen LogP contribution in [-0.2, 0) is 6.18 Å². The lowest BCUT2D eigenvalue weighted by atomic mass is 10.1. The molecule has 0 aromatic heterocycles. The van der Waals surface area contributed by atoms with E-state index in [-0.39, 0.29) is 8.58 Å². The molecule has 4 heteroatoms. The molecule has 0 nitrogen and oxygen atoms in total. The maximum absolute atomic E-state index is 12.8. The van der Waals surface area contributed by atoms with Crippen LogP contribution in [0.25, 0.3) is 0 Å². The molecule has 0 saturated heterocycles. The largest absolute Gasteiger partial charge is 0.417 e. The third-order valence-electron chi connectivity index (χ3n) is 3.58. The van der Waals surface area contributed by atoms with E-state index < -0.39 is 11.7 Å². The molecule has 0 aliphatic carbocycles. The molecular weight excluding hydrogens is 292 g/mol. The molecule has 1 aromatic rings. The van der Waals surface area contributed by atoms with E-state index in [0.29, 0.717) is 5.30 Å². The smallest absolute Gasteiger partial charge is 0.166 e. The Bertz CT molecular complexity index is 388. The van der Waals surface area contributed by atoms with Crippen molar-refractivity contribution < 1.29 is 13.2 Å². The first-order chi connectivity index (χ1) is 10.1. The molecule has 0 aliphatic rings. The van der Waals surface area contributed by atoms with Gasteiger partial charge in [0.25, 0.3) is 0 Å². The minimum atomic E-state index is -4.22. The highest BCUT2D eigenvalue weighted by Crippen LogP contribution is 2.31. The van der Waals surface area contributed by atoms with Crippen molar-refractivity contribution in [2.24, 2.45) is 0 Å². The van der Waals surface area contributed by atoms with Gasteiger partial charge in [-0.15, -0.1) is 0 Å². The zero-order chi connectivity index (χ0) is 15.6. The van der Waals surface area contributed by atoms with Crippen LogP contribution in [0.1, 0.15) is 63.9 Å². The summed E-state index contributed by atoms with van der Waals surface area (Å²) in [4.78, 5) is 0. The van der Waals surface area contributed by atoms with Crippen molar-refractivity contribution in [2.45, 2.75) is 64.5 Å². The first-order valence-electron chi connectivity index (χ1n) is 7.95. The molecule has 120 valence electrons. The van der Waals surface area contributed by atoms with Gasteiger partial charge in [-0.2, -0.15) is 13.2 Å². The fraction of sp³-hybridized carbons (Fsp3) is 0.647. The summed E-state index contributed by atoms with van der Waals surface area (Å²) in [5.74, 6) is 0. The van der Waals surface area contributed by atoms with Gasteiger partial charge in [-0.3, -0.25) is 0 Å². The van der Waals surface area contributed by atoms with Gasteiger partial charge in [0.2, 0.25) is 0 Å². The van der Waals surface area contributed by atoms with Crippen LogP contribution in [0.5, 0.6) is 0 Å². The highest BCUT2D eigenvalue weighted by molar-refractivity contribution is 7.47. The fourth-order valence-corrected chi connectivity index (χ4v) is 3.69. The molecule has 1 rings (SSSR count). The van der Waals surface area contributed by atoms with E-state index in [1.54, 1.807) is 12.1 Å². The Kier molecular flexibility index (Phi) is 8.99. The summed E-state index contributed by atoms with van der Waals surface area (Å²) in [6, 6.07) is 5.97. The van der Waals surface area contributed by atoms with Gasteiger partial charge in [0, 0.05) is 0 Å². The fourth-order valence-electron chi connectivity index (χ4n) is 2.37. The van der Waals surface area contributed by atoms with E-state index in [1.807, 2.05) is 0 Å². The van der Waals surface area contributed by atoms with Crippen LogP contribution in [-0.4, -0.2) is 6.16 Å². The summed E-state index contributed by atoms with van der Waals surface area (Å²) in [6.07, 6.45) is 6.52. The molecule has 0 fully saturated rings. The zero-order valence-corrected chi connectivity index (χ0v) is 13.8. The van der Waals surface area contributed by atoms with Gasteiger partial charge in [0.1, 0.15) is 0 Å². The molecule has 0 aliphatic heterocycles. The van der Waals surface area contributed by atoms with Gasteiger partial charge in [0.05, 0.1) is 5.56 Å². The van der Waals surface area contributed by atoms with Crippen molar-refractivity contribution in [2.75, 3.05) is 6.16 Å². The number of alkyl halides is 3. The lowest BCUT2D eigenvalue weighted by Crippen LogP contribution is -2.15. The number of unbranched alkanes of at least 4 members (excludes halogenated alkanes) is 7. The van der Waals surface area contributed by atoms with Gasteiger partial charge >= 0.3 is 6.18 Å². The van der Waals surface area contributed by atoms with E-state index in [0.717, 1.165) is 19.0 Å². The minimum Gasteiger partial charge on any atom is -0.166 e. The van der Waals surface area contributed by atoms with E-state index in [2.05, 4.69) is 6.92 Å². The van der Waals surface area contributed by atoms with Crippen molar-refractivity contribution >= 4 is 13.9 Å². The molecule has 0 spiro atoms. The summed E-state index contributed by atoms with van der Waals surface area (Å²) in [5, 5.41) is 0.466. The van der Waals surface area contributed by atoms with Gasteiger partial charge in [0.15, 0.2) is 0 Å². The van der Waals surface area contributed by atoms with Crippen molar-refractivity contribution in [3.05, 3.63) is 29.8 Å². The molecule has 0 bridgehead atoms. The van der Waals surface area contributed by atoms with Gasteiger partial charge in [-0.1, -0.05) is 78.6 Å². The molecular formula is C17H26F3P. The highest BCUT2D eigenvalue weighted by Gasteiger charge is 2.32.